The van der Waals surface area contributed by atoms with Crippen LogP contribution in [0.15, 0.2) is 54.6 Å². The lowest BCUT2D eigenvalue weighted by molar-refractivity contribution is 0.205. The number of hydrogen-bond donors (Lipinski definition) is 1. The lowest BCUT2D eigenvalue weighted by Gasteiger charge is -2.09. The summed E-state index contributed by atoms with van der Waals surface area (Å²) in [6.07, 6.45) is -0.444. The summed E-state index contributed by atoms with van der Waals surface area (Å²) < 4.78 is 0. The van der Waals surface area contributed by atoms with E-state index in [-0.39, 0.29) is 0 Å². The van der Waals surface area contributed by atoms with Gasteiger partial charge in [-0.2, -0.15) is 0 Å². The molecule has 1 N–H and O–H groups in total. The molecule has 0 saturated heterocycles. The molecule has 2 heteroatoms. The second-order valence-corrected chi connectivity index (χ2v) is 5.12. The van der Waals surface area contributed by atoms with Gasteiger partial charge in [0, 0.05) is 5.33 Å². The highest BCUT2D eigenvalue weighted by molar-refractivity contribution is 9.09. The predicted octanol–water partition coefficient (Wildman–Crippen LogP) is 4.42. The molecular weight excluding hydrogens is 288 g/mol. The summed E-state index contributed by atoms with van der Waals surface area (Å²) in [7, 11) is 0. The number of aliphatic hydroxyl groups is 1. The van der Waals surface area contributed by atoms with E-state index in [2.05, 4.69) is 58.4 Å². The minimum atomic E-state index is -0.444. The van der Waals surface area contributed by atoms with Crippen molar-refractivity contribution in [3.63, 3.8) is 0 Å². The molecule has 3 aromatic rings. The van der Waals surface area contributed by atoms with Gasteiger partial charge in [0.1, 0.15) is 0 Å². The number of alkyl halides is 1. The van der Waals surface area contributed by atoms with E-state index in [1.54, 1.807) is 0 Å². The Kier molecular flexibility index (Phi) is 3.06. The van der Waals surface area contributed by atoms with Crippen LogP contribution in [0.4, 0.5) is 0 Å². The summed E-state index contributed by atoms with van der Waals surface area (Å²) in [5.41, 5.74) is 0.953. The van der Waals surface area contributed by atoms with E-state index in [4.69, 9.17) is 0 Å². The minimum absolute atomic E-state index is 0.444. The molecular formula is C16H13BrO. The molecule has 0 saturated carbocycles. The highest BCUT2D eigenvalue weighted by Crippen LogP contribution is 2.26. The van der Waals surface area contributed by atoms with Gasteiger partial charge in [0.2, 0.25) is 0 Å². The molecule has 18 heavy (non-hydrogen) atoms. The monoisotopic (exact) mass is 300 g/mol. The van der Waals surface area contributed by atoms with Crippen LogP contribution in [0.25, 0.3) is 21.5 Å². The fourth-order valence-corrected chi connectivity index (χ4v) is 2.63. The standard InChI is InChI=1S/C16H13BrO/c17-10-16(18)14-6-5-13-7-11-3-1-2-4-12(11)8-15(13)9-14/h1-9,16,18H,10H2. The van der Waals surface area contributed by atoms with E-state index >= 15 is 0 Å². The Labute approximate surface area is 114 Å². The van der Waals surface area contributed by atoms with E-state index < -0.39 is 6.10 Å². The first-order valence-corrected chi connectivity index (χ1v) is 7.06. The number of benzene rings is 3. The van der Waals surface area contributed by atoms with Crippen LogP contribution in [0.5, 0.6) is 0 Å². The lowest BCUT2D eigenvalue weighted by atomic mass is 10.0. The van der Waals surface area contributed by atoms with E-state index in [1.807, 2.05) is 12.1 Å². The first kappa shape index (κ1) is 11.7. The van der Waals surface area contributed by atoms with Crippen molar-refractivity contribution in [2.24, 2.45) is 0 Å². The molecule has 0 radical (unpaired) electrons. The first-order valence-electron chi connectivity index (χ1n) is 5.94. The predicted molar refractivity (Wildman–Crippen MR) is 80.2 cm³/mol. The van der Waals surface area contributed by atoms with E-state index in [9.17, 15) is 5.11 Å². The van der Waals surface area contributed by atoms with Crippen LogP contribution in [-0.2, 0) is 0 Å². The van der Waals surface area contributed by atoms with Crippen LogP contribution in [-0.4, -0.2) is 10.4 Å². The van der Waals surface area contributed by atoms with Crippen molar-refractivity contribution in [3.8, 4) is 0 Å². The van der Waals surface area contributed by atoms with Gasteiger partial charge in [-0.1, -0.05) is 52.3 Å². The van der Waals surface area contributed by atoms with Crippen LogP contribution >= 0.6 is 15.9 Å². The maximum atomic E-state index is 9.86. The molecule has 0 fully saturated rings. The molecule has 1 unspecified atom stereocenters. The summed E-state index contributed by atoms with van der Waals surface area (Å²) in [4.78, 5) is 0. The zero-order valence-corrected chi connectivity index (χ0v) is 11.4. The Morgan fingerprint density at radius 3 is 2.11 bits per heavy atom. The average Bonchev–Trinajstić information content (AvgIpc) is 2.43. The van der Waals surface area contributed by atoms with Gasteiger partial charge in [-0.15, -0.1) is 0 Å². The Balaban J connectivity index is 2.24. The van der Waals surface area contributed by atoms with Crippen molar-refractivity contribution in [1.82, 2.24) is 0 Å². The Morgan fingerprint density at radius 1 is 0.833 bits per heavy atom. The molecule has 0 aliphatic heterocycles. The summed E-state index contributed by atoms with van der Waals surface area (Å²) in [5, 5.41) is 15.3. The smallest absolute Gasteiger partial charge is 0.0887 e. The fourth-order valence-electron chi connectivity index (χ4n) is 2.25. The van der Waals surface area contributed by atoms with Crippen molar-refractivity contribution >= 4 is 37.5 Å². The van der Waals surface area contributed by atoms with Gasteiger partial charge in [-0.05, 0) is 45.3 Å². The summed E-state index contributed by atoms with van der Waals surface area (Å²) in [5.74, 6) is 0. The van der Waals surface area contributed by atoms with Crippen LogP contribution in [0.2, 0.25) is 0 Å². The summed E-state index contributed by atoms with van der Waals surface area (Å²) in [6, 6.07) is 18.8. The van der Waals surface area contributed by atoms with Crippen molar-refractivity contribution in [2.75, 3.05) is 5.33 Å². The quantitative estimate of drug-likeness (QED) is 0.548. The number of fused-ring (bicyclic) bond motifs is 2. The van der Waals surface area contributed by atoms with Gasteiger partial charge in [-0.25, -0.2) is 0 Å². The molecule has 0 spiro atoms. The third-order valence-corrected chi connectivity index (χ3v) is 3.87. The molecule has 0 aliphatic carbocycles. The maximum Gasteiger partial charge on any atom is 0.0887 e. The van der Waals surface area contributed by atoms with E-state index in [0.717, 1.165) is 5.56 Å². The van der Waals surface area contributed by atoms with Crippen LogP contribution in [0, 0.1) is 0 Å². The van der Waals surface area contributed by atoms with Crippen LogP contribution < -0.4 is 0 Å². The molecule has 3 aromatic carbocycles. The second kappa shape index (κ2) is 4.71. The number of halogens is 1. The Hall–Kier alpha value is -1.38. The van der Waals surface area contributed by atoms with E-state index in [1.165, 1.54) is 21.5 Å². The molecule has 0 aromatic heterocycles. The second-order valence-electron chi connectivity index (χ2n) is 4.48. The number of aliphatic hydroxyl groups excluding tert-OH is 1. The van der Waals surface area contributed by atoms with Gasteiger partial charge >= 0.3 is 0 Å². The zero-order chi connectivity index (χ0) is 12.5. The van der Waals surface area contributed by atoms with Gasteiger partial charge in [0.25, 0.3) is 0 Å². The third kappa shape index (κ3) is 2.02. The maximum absolute atomic E-state index is 9.86. The van der Waals surface area contributed by atoms with Crippen molar-refractivity contribution < 1.29 is 5.11 Å². The number of rotatable bonds is 2. The van der Waals surface area contributed by atoms with Gasteiger partial charge in [0.15, 0.2) is 0 Å². The highest BCUT2D eigenvalue weighted by atomic mass is 79.9. The number of hydrogen-bond acceptors (Lipinski definition) is 1. The largest absolute Gasteiger partial charge is 0.388 e. The zero-order valence-electron chi connectivity index (χ0n) is 9.81. The molecule has 90 valence electrons. The third-order valence-electron chi connectivity index (χ3n) is 3.26. The van der Waals surface area contributed by atoms with Crippen molar-refractivity contribution in [2.45, 2.75) is 6.10 Å². The van der Waals surface area contributed by atoms with E-state index in [0.29, 0.717) is 5.33 Å². The van der Waals surface area contributed by atoms with Gasteiger partial charge < -0.3 is 5.11 Å². The van der Waals surface area contributed by atoms with Gasteiger partial charge in [0.05, 0.1) is 6.10 Å². The molecule has 1 nitrogen and oxygen atoms in total. The van der Waals surface area contributed by atoms with Crippen LogP contribution in [0.1, 0.15) is 11.7 Å². The van der Waals surface area contributed by atoms with Gasteiger partial charge in [-0.3, -0.25) is 0 Å². The normalized spacial score (nSPS) is 13.0. The SMILES string of the molecule is OC(CBr)c1ccc2cc3ccccc3cc2c1. The molecule has 0 amide bonds. The Morgan fingerprint density at radius 2 is 1.44 bits per heavy atom. The molecule has 1 atom stereocenters. The molecule has 0 bridgehead atoms. The van der Waals surface area contributed by atoms with Crippen molar-refractivity contribution in [3.05, 3.63) is 60.2 Å². The summed E-state index contributed by atoms with van der Waals surface area (Å²) >= 11 is 3.31. The molecule has 0 aliphatic rings. The van der Waals surface area contributed by atoms with Crippen LogP contribution in [0.3, 0.4) is 0 Å². The van der Waals surface area contributed by atoms with Crippen molar-refractivity contribution in [1.29, 1.82) is 0 Å². The first-order chi connectivity index (χ1) is 8.78. The fraction of sp³-hybridized carbons (Fsp3) is 0.125. The highest BCUT2D eigenvalue weighted by Gasteiger charge is 2.06. The summed E-state index contributed by atoms with van der Waals surface area (Å²) in [6.45, 7) is 0. The molecule has 3 rings (SSSR count). The Bertz CT molecular complexity index is 706. The lowest BCUT2D eigenvalue weighted by Crippen LogP contribution is -1.97. The topological polar surface area (TPSA) is 20.2 Å². The minimum Gasteiger partial charge on any atom is -0.388 e. The average molecular weight is 301 g/mol. The molecule has 0 heterocycles.